The summed E-state index contributed by atoms with van der Waals surface area (Å²) < 4.78 is 32.9. The molecule has 1 aromatic heterocycles. The lowest BCUT2D eigenvalue weighted by Crippen LogP contribution is -2.36. The molecule has 0 aliphatic carbocycles. The van der Waals surface area contributed by atoms with Crippen LogP contribution in [0.25, 0.3) is 0 Å². The Labute approximate surface area is 192 Å². The summed E-state index contributed by atoms with van der Waals surface area (Å²) >= 11 is 5.85. The van der Waals surface area contributed by atoms with E-state index in [0.717, 1.165) is 30.3 Å². The molecule has 2 heterocycles. The molecule has 3 aromatic rings. The summed E-state index contributed by atoms with van der Waals surface area (Å²) in [5.74, 6) is 1.21. The van der Waals surface area contributed by atoms with E-state index in [0.29, 0.717) is 35.4 Å². The van der Waals surface area contributed by atoms with Crippen molar-refractivity contribution in [2.75, 3.05) is 41.2 Å². The topological polar surface area (TPSA) is 96.5 Å². The second-order valence-corrected chi connectivity index (χ2v) is 9.64. The van der Waals surface area contributed by atoms with Crippen molar-refractivity contribution in [1.29, 1.82) is 0 Å². The van der Waals surface area contributed by atoms with Gasteiger partial charge in [0.05, 0.1) is 19.0 Å². The fourth-order valence-electron chi connectivity index (χ4n) is 3.33. The first-order valence-electron chi connectivity index (χ1n) is 10.2. The Morgan fingerprint density at radius 3 is 2.34 bits per heavy atom. The van der Waals surface area contributed by atoms with Crippen LogP contribution in [0.15, 0.2) is 54.6 Å². The summed E-state index contributed by atoms with van der Waals surface area (Å²) in [6.45, 7) is 4.87. The first-order valence-corrected chi connectivity index (χ1v) is 12.2. The van der Waals surface area contributed by atoms with Crippen LogP contribution >= 0.6 is 11.6 Å². The number of hydrogen-bond donors (Lipinski definition) is 2. The molecule has 0 bridgehead atoms. The molecular weight excluding hydrogens is 450 g/mol. The van der Waals surface area contributed by atoms with Gasteiger partial charge in [0, 0.05) is 41.2 Å². The summed E-state index contributed by atoms with van der Waals surface area (Å²) in [4.78, 5) is 11.2. The number of rotatable bonds is 7. The van der Waals surface area contributed by atoms with E-state index >= 15 is 0 Å². The molecule has 1 fully saturated rings. The SMILES string of the molecule is Cc1cc(N2CCOCC2)nc(Nc2ccc(NS(=O)(=O)Cc3ccc(Cl)cc3)cc2)n1. The fourth-order valence-corrected chi connectivity index (χ4v) is 4.65. The van der Waals surface area contributed by atoms with Crippen LogP contribution in [0, 0.1) is 6.92 Å². The molecule has 0 radical (unpaired) electrons. The highest BCUT2D eigenvalue weighted by molar-refractivity contribution is 7.91. The van der Waals surface area contributed by atoms with Gasteiger partial charge < -0.3 is 15.0 Å². The number of anilines is 4. The van der Waals surface area contributed by atoms with E-state index in [9.17, 15) is 8.42 Å². The van der Waals surface area contributed by atoms with Gasteiger partial charge >= 0.3 is 0 Å². The molecular formula is C22H24ClN5O3S. The summed E-state index contributed by atoms with van der Waals surface area (Å²) in [6.07, 6.45) is 0. The van der Waals surface area contributed by atoms with Crippen LogP contribution in [0.3, 0.4) is 0 Å². The van der Waals surface area contributed by atoms with Gasteiger partial charge in [-0.1, -0.05) is 23.7 Å². The highest BCUT2D eigenvalue weighted by Gasteiger charge is 2.15. The first kappa shape index (κ1) is 22.3. The largest absolute Gasteiger partial charge is 0.378 e. The maximum atomic E-state index is 12.5. The molecule has 1 aliphatic heterocycles. The van der Waals surface area contributed by atoms with Crippen molar-refractivity contribution in [3.8, 4) is 0 Å². The summed E-state index contributed by atoms with van der Waals surface area (Å²) in [5.41, 5.74) is 2.75. The lowest BCUT2D eigenvalue weighted by molar-refractivity contribution is 0.122. The highest BCUT2D eigenvalue weighted by atomic mass is 35.5. The Kier molecular flexibility index (Phi) is 6.78. The number of aromatic nitrogens is 2. The molecule has 10 heteroatoms. The highest BCUT2D eigenvalue weighted by Crippen LogP contribution is 2.22. The van der Waals surface area contributed by atoms with Crippen molar-refractivity contribution < 1.29 is 13.2 Å². The standard InChI is InChI=1S/C22H24ClN5O3S/c1-16-14-21(28-10-12-31-13-11-28)26-22(24-16)25-19-6-8-20(9-7-19)27-32(29,30)15-17-2-4-18(23)5-3-17/h2-9,14,27H,10-13,15H2,1H3,(H,24,25,26). The lowest BCUT2D eigenvalue weighted by atomic mass is 10.2. The molecule has 32 heavy (non-hydrogen) atoms. The molecule has 168 valence electrons. The Morgan fingerprint density at radius 2 is 1.66 bits per heavy atom. The van der Waals surface area contributed by atoms with Crippen LogP contribution in [-0.4, -0.2) is 44.7 Å². The van der Waals surface area contributed by atoms with Crippen molar-refractivity contribution >= 4 is 44.8 Å². The summed E-state index contributed by atoms with van der Waals surface area (Å²) in [5, 5.41) is 3.76. The Morgan fingerprint density at radius 1 is 1.00 bits per heavy atom. The molecule has 0 atom stereocenters. The maximum Gasteiger partial charge on any atom is 0.236 e. The van der Waals surface area contributed by atoms with Crippen molar-refractivity contribution in [2.45, 2.75) is 12.7 Å². The molecule has 0 unspecified atom stereocenters. The molecule has 1 saturated heterocycles. The van der Waals surface area contributed by atoms with Crippen molar-refractivity contribution in [3.05, 3.63) is 70.9 Å². The number of nitrogens with zero attached hydrogens (tertiary/aromatic N) is 3. The van der Waals surface area contributed by atoms with Crippen LogP contribution in [0.1, 0.15) is 11.3 Å². The van der Waals surface area contributed by atoms with Crippen molar-refractivity contribution in [1.82, 2.24) is 9.97 Å². The van der Waals surface area contributed by atoms with Gasteiger partial charge in [0.15, 0.2) is 0 Å². The molecule has 2 N–H and O–H groups in total. The number of ether oxygens (including phenoxy) is 1. The Hall–Kier alpha value is -2.88. The zero-order valence-corrected chi connectivity index (χ0v) is 19.2. The number of sulfonamides is 1. The lowest BCUT2D eigenvalue weighted by Gasteiger charge is -2.28. The average molecular weight is 474 g/mol. The minimum atomic E-state index is -3.55. The maximum absolute atomic E-state index is 12.5. The second-order valence-electron chi connectivity index (χ2n) is 7.48. The fraction of sp³-hybridized carbons (Fsp3) is 0.273. The average Bonchev–Trinajstić information content (AvgIpc) is 2.77. The normalized spacial score (nSPS) is 14.2. The molecule has 8 nitrogen and oxygen atoms in total. The molecule has 0 saturated carbocycles. The number of nitrogens with one attached hydrogen (secondary N) is 2. The quantitative estimate of drug-likeness (QED) is 0.536. The third kappa shape index (κ3) is 6.09. The predicted octanol–water partition coefficient (Wildman–Crippen LogP) is 3.96. The third-order valence-corrected chi connectivity index (χ3v) is 6.37. The molecule has 0 spiro atoms. The van der Waals surface area contributed by atoms with Gasteiger partial charge in [-0.25, -0.2) is 13.4 Å². The van der Waals surface area contributed by atoms with Gasteiger partial charge in [0.2, 0.25) is 16.0 Å². The van der Waals surface area contributed by atoms with E-state index in [1.54, 1.807) is 48.5 Å². The van der Waals surface area contributed by atoms with E-state index in [-0.39, 0.29) is 5.75 Å². The van der Waals surface area contributed by atoms with E-state index < -0.39 is 10.0 Å². The van der Waals surface area contributed by atoms with E-state index in [1.165, 1.54) is 0 Å². The Balaban J connectivity index is 1.41. The van der Waals surface area contributed by atoms with Crippen LogP contribution in [0.2, 0.25) is 5.02 Å². The van der Waals surface area contributed by atoms with E-state index in [4.69, 9.17) is 16.3 Å². The van der Waals surface area contributed by atoms with Crippen molar-refractivity contribution in [3.63, 3.8) is 0 Å². The number of aryl methyl sites for hydroxylation is 1. The van der Waals surface area contributed by atoms with Gasteiger partial charge in [0.25, 0.3) is 0 Å². The van der Waals surface area contributed by atoms with Gasteiger partial charge in [0.1, 0.15) is 5.82 Å². The zero-order chi connectivity index (χ0) is 22.6. The van der Waals surface area contributed by atoms with Crippen LogP contribution in [0.5, 0.6) is 0 Å². The number of hydrogen-bond acceptors (Lipinski definition) is 7. The van der Waals surface area contributed by atoms with E-state index in [2.05, 4.69) is 24.9 Å². The first-order chi connectivity index (χ1) is 15.4. The van der Waals surface area contributed by atoms with Crippen LogP contribution in [0.4, 0.5) is 23.1 Å². The number of halogens is 1. The third-order valence-electron chi connectivity index (χ3n) is 4.86. The number of benzene rings is 2. The molecule has 0 amide bonds. The summed E-state index contributed by atoms with van der Waals surface area (Å²) in [7, 11) is -3.55. The smallest absolute Gasteiger partial charge is 0.236 e. The van der Waals surface area contributed by atoms with Crippen LogP contribution < -0.4 is 14.9 Å². The van der Waals surface area contributed by atoms with E-state index in [1.807, 2.05) is 13.0 Å². The second kappa shape index (κ2) is 9.72. The Bertz CT molecular complexity index is 1170. The number of morpholine rings is 1. The van der Waals surface area contributed by atoms with Crippen LogP contribution in [-0.2, 0) is 20.5 Å². The predicted molar refractivity (Wildman–Crippen MR) is 127 cm³/mol. The van der Waals surface area contributed by atoms with Gasteiger partial charge in [-0.3, -0.25) is 4.72 Å². The minimum absolute atomic E-state index is 0.133. The zero-order valence-electron chi connectivity index (χ0n) is 17.6. The molecule has 1 aliphatic rings. The summed E-state index contributed by atoms with van der Waals surface area (Å²) in [6, 6.07) is 15.6. The van der Waals surface area contributed by atoms with Gasteiger partial charge in [-0.15, -0.1) is 0 Å². The van der Waals surface area contributed by atoms with Gasteiger partial charge in [-0.05, 0) is 48.9 Å². The molecule has 4 rings (SSSR count). The minimum Gasteiger partial charge on any atom is -0.378 e. The van der Waals surface area contributed by atoms with Gasteiger partial charge in [-0.2, -0.15) is 4.98 Å². The van der Waals surface area contributed by atoms with Crippen molar-refractivity contribution in [2.24, 2.45) is 0 Å². The monoisotopic (exact) mass is 473 g/mol. The molecule has 2 aromatic carbocycles.